The van der Waals surface area contributed by atoms with Crippen LogP contribution in [0, 0.1) is 5.92 Å². The van der Waals surface area contributed by atoms with Crippen molar-refractivity contribution in [2.45, 2.75) is 31.3 Å². The number of hydrogen-bond donors (Lipinski definition) is 0. The van der Waals surface area contributed by atoms with Gasteiger partial charge in [-0.25, -0.2) is 4.98 Å². The fraction of sp³-hybridized carbons (Fsp3) is 0.238. The van der Waals surface area contributed by atoms with Crippen LogP contribution in [-0.4, -0.2) is 19.7 Å². The topological polar surface area (TPSA) is 73.8 Å². The summed E-state index contributed by atoms with van der Waals surface area (Å²) in [5.74, 6) is 1.83. The lowest BCUT2D eigenvalue weighted by atomic mass is 10.2. The Morgan fingerprint density at radius 2 is 1.79 bits per heavy atom. The van der Waals surface area contributed by atoms with Crippen LogP contribution in [0.5, 0.6) is 0 Å². The second kappa shape index (κ2) is 7.98. The summed E-state index contributed by atoms with van der Waals surface area (Å²) in [4.78, 5) is 22.1. The molecule has 0 unspecified atom stereocenters. The van der Waals surface area contributed by atoms with E-state index in [2.05, 4.69) is 24.0 Å². The summed E-state index contributed by atoms with van der Waals surface area (Å²) in [6.45, 7) is 4.78. The molecule has 2 aromatic heterocycles. The van der Waals surface area contributed by atoms with Crippen molar-refractivity contribution in [2.24, 2.45) is 5.92 Å². The van der Waals surface area contributed by atoms with Crippen LogP contribution in [0.2, 0.25) is 0 Å². The predicted octanol–water partition coefficient (Wildman–Crippen LogP) is 4.39. The summed E-state index contributed by atoms with van der Waals surface area (Å²) in [5, 5.41) is 5.35. The molecular weight excluding hydrogens is 372 g/mol. The first-order valence-corrected chi connectivity index (χ1v) is 10.1. The molecule has 4 rings (SSSR count). The summed E-state index contributed by atoms with van der Waals surface area (Å²) in [6, 6.07) is 17.1. The molecule has 0 aliphatic rings. The number of thioether (sulfide) groups is 1. The molecule has 0 radical (unpaired) electrons. The zero-order valence-corrected chi connectivity index (χ0v) is 16.5. The van der Waals surface area contributed by atoms with Crippen molar-refractivity contribution in [3.05, 3.63) is 70.8 Å². The Hall–Kier alpha value is -2.93. The van der Waals surface area contributed by atoms with E-state index in [1.165, 1.54) is 11.8 Å². The summed E-state index contributed by atoms with van der Waals surface area (Å²) in [5.41, 5.74) is 1.59. The van der Waals surface area contributed by atoms with Gasteiger partial charge in [0.15, 0.2) is 5.16 Å². The molecule has 2 aromatic carbocycles. The lowest BCUT2D eigenvalue weighted by Gasteiger charge is -2.14. The number of para-hydroxylation sites is 1. The second-order valence-corrected chi connectivity index (χ2v) is 7.83. The minimum absolute atomic E-state index is 0.0164. The van der Waals surface area contributed by atoms with E-state index in [9.17, 15) is 4.79 Å². The van der Waals surface area contributed by atoms with E-state index < -0.39 is 0 Å². The van der Waals surface area contributed by atoms with Gasteiger partial charge < -0.3 is 4.52 Å². The molecule has 0 saturated heterocycles. The van der Waals surface area contributed by atoms with Gasteiger partial charge >= 0.3 is 0 Å². The van der Waals surface area contributed by atoms with Gasteiger partial charge in [0, 0.05) is 12.1 Å². The van der Waals surface area contributed by atoms with Gasteiger partial charge in [-0.1, -0.05) is 73.2 Å². The molecule has 0 bridgehead atoms. The molecule has 0 N–H and O–H groups in total. The monoisotopic (exact) mass is 392 g/mol. The number of nitrogens with zero attached hydrogens (tertiary/aromatic N) is 4. The molecule has 0 aliphatic carbocycles. The highest BCUT2D eigenvalue weighted by molar-refractivity contribution is 7.98. The largest absolute Gasteiger partial charge is 0.338 e. The van der Waals surface area contributed by atoms with Crippen molar-refractivity contribution in [1.82, 2.24) is 19.7 Å². The van der Waals surface area contributed by atoms with Crippen molar-refractivity contribution in [2.75, 3.05) is 0 Å². The minimum atomic E-state index is -0.0164. The van der Waals surface area contributed by atoms with E-state index >= 15 is 0 Å². The van der Waals surface area contributed by atoms with Gasteiger partial charge in [-0.3, -0.25) is 9.36 Å². The molecule has 2 heterocycles. The molecule has 4 aromatic rings. The maximum atomic E-state index is 12.9. The minimum Gasteiger partial charge on any atom is -0.338 e. The standard InChI is InChI=1S/C21H20N4O2S/c1-14(2)12-25-20(26)16-10-6-7-11-17(16)22-21(25)28-13-18-23-19(24-27-18)15-8-4-3-5-9-15/h3-11,14H,12-13H2,1-2H3. The van der Waals surface area contributed by atoms with Gasteiger partial charge in [-0.2, -0.15) is 4.98 Å². The quantitative estimate of drug-likeness (QED) is 0.358. The van der Waals surface area contributed by atoms with Crippen molar-refractivity contribution in [1.29, 1.82) is 0 Å². The van der Waals surface area contributed by atoms with E-state index in [1.807, 2.05) is 54.6 Å². The maximum Gasteiger partial charge on any atom is 0.262 e. The first-order valence-electron chi connectivity index (χ1n) is 9.12. The fourth-order valence-electron chi connectivity index (χ4n) is 2.93. The normalized spacial score (nSPS) is 11.4. The van der Waals surface area contributed by atoms with Crippen LogP contribution in [-0.2, 0) is 12.3 Å². The van der Waals surface area contributed by atoms with Crippen LogP contribution in [0.1, 0.15) is 19.7 Å². The number of benzene rings is 2. The zero-order valence-electron chi connectivity index (χ0n) is 15.7. The van der Waals surface area contributed by atoms with Gasteiger partial charge in [-0.15, -0.1) is 0 Å². The Balaban J connectivity index is 1.62. The molecule has 0 saturated carbocycles. The highest BCUT2D eigenvalue weighted by Crippen LogP contribution is 2.23. The molecule has 0 amide bonds. The Morgan fingerprint density at radius 1 is 1.04 bits per heavy atom. The average molecular weight is 392 g/mol. The highest BCUT2D eigenvalue weighted by Gasteiger charge is 2.15. The van der Waals surface area contributed by atoms with E-state index in [-0.39, 0.29) is 5.56 Å². The first-order chi connectivity index (χ1) is 13.6. The third-order valence-corrected chi connectivity index (χ3v) is 5.16. The zero-order chi connectivity index (χ0) is 19.5. The number of fused-ring (bicyclic) bond motifs is 1. The van der Waals surface area contributed by atoms with Crippen molar-refractivity contribution < 1.29 is 4.52 Å². The fourth-order valence-corrected chi connectivity index (χ4v) is 3.77. The SMILES string of the molecule is CC(C)Cn1c(SCc2nc(-c3ccccc3)no2)nc2ccccc2c1=O. The lowest BCUT2D eigenvalue weighted by Crippen LogP contribution is -2.25. The van der Waals surface area contributed by atoms with Crippen LogP contribution in [0.3, 0.4) is 0 Å². The molecular formula is C21H20N4O2S. The van der Waals surface area contributed by atoms with Crippen molar-refractivity contribution >= 4 is 22.7 Å². The molecule has 0 spiro atoms. The van der Waals surface area contributed by atoms with Crippen LogP contribution < -0.4 is 5.56 Å². The van der Waals surface area contributed by atoms with E-state index in [0.717, 1.165) is 5.56 Å². The summed E-state index contributed by atoms with van der Waals surface area (Å²) in [6.07, 6.45) is 0. The summed E-state index contributed by atoms with van der Waals surface area (Å²) in [7, 11) is 0. The first kappa shape index (κ1) is 18.4. The van der Waals surface area contributed by atoms with Gasteiger partial charge in [0.05, 0.1) is 16.7 Å². The Kier molecular flexibility index (Phi) is 5.25. The van der Waals surface area contributed by atoms with E-state index in [4.69, 9.17) is 9.51 Å². The van der Waals surface area contributed by atoms with Crippen molar-refractivity contribution in [3.63, 3.8) is 0 Å². The Labute approximate surface area is 166 Å². The third-order valence-electron chi connectivity index (χ3n) is 4.20. The highest BCUT2D eigenvalue weighted by atomic mass is 32.2. The Bertz CT molecular complexity index is 1150. The number of aromatic nitrogens is 4. The summed E-state index contributed by atoms with van der Waals surface area (Å²) >= 11 is 1.44. The van der Waals surface area contributed by atoms with Crippen LogP contribution in [0.15, 0.2) is 69.1 Å². The maximum absolute atomic E-state index is 12.9. The van der Waals surface area contributed by atoms with Crippen molar-refractivity contribution in [3.8, 4) is 11.4 Å². The third kappa shape index (κ3) is 3.84. The molecule has 7 heteroatoms. The second-order valence-electron chi connectivity index (χ2n) is 6.89. The van der Waals surface area contributed by atoms with Gasteiger partial charge in [0.2, 0.25) is 11.7 Å². The molecule has 0 atom stereocenters. The summed E-state index contributed by atoms with van der Waals surface area (Å²) < 4.78 is 7.12. The average Bonchev–Trinajstić information content (AvgIpc) is 3.18. The van der Waals surface area contributed by atoms with Gasteiger partial charge in [0.25, 0.3) is 5.56 Å². The lowest BCUT2D eigenvalue weighted by molar-refractivity contribution is 0.391. The van der Waals surface area contributed by atoms with Crippen LogP contribution in [0.4, 0.5) is 0 Å². The molecule has 6 nitrogen and oxygen atoms in total. The van der Waals surface area contributed by atoms with Crippen LogP contribution in [0.25, 0.3) is 22.3 Å². The number of hydrogen-bond acceptors (Lipinski definition) is 6. The molecule has 142 valence electrons. The van der Waals surface area contributed by atoms with E-state index in [1.54, 1.807) is 4.57 Å². The molecule has 0 fully saturated rings. The smallest absolute Gasteiger partial charge is 0.262 e. The Morgan fingerprint density at radius 3 is 2.57 bits per heavy atom. The van der Waals surface area contributed by atoms with Crippen LogP contribution >= 0.6 is 11.8 Å². The molecule has 28 heavy (non-hydrogen) atoms. The van der Waals surface area contributed by atoms with Gasteiger partial charge in [-0.05, 0) is 18.1 Å². The predicted molar refractivity (Wildman–Crippen MR) is 110 cm³/mol. The number of rotatable bonds is 6. The van der Waals surface area contributed by atoms with Gasteiger partial charge in [0.1, 0.15) is 0 Å². The van der Waals surface area contributed by atoms with E-state index in [0.29, 0.717) is 46.0 Å². The molecule has 0 aliphatic heterocycles.